The molecule has 2 aromatic rings. The zero-order valence-electron chi connectivity index (χ0n) is 10.6. The molecule has 1 aromatic carbocycles. The predicted molar refractivity (Wildman–Crippen MR) is 82.6 cm³/mol. The Morgan fingerprint density at radius 2 is 2.05 bits per heavy atom. The number of nitrogens with zero attached hydrogens (tertiary/aromatic N) is 1. The first-order valence-corrected chi connectivity index (χ1v) is 7.92. The highest BCUT2D eigenvalue weighted by Gasteiger charge is 2.02. The summed E-state index contributed by atoms with van der Waals surface area (Å²) in [6.45, 7) is 2.08. The average Bonchev–Trinajstić information content (AvgIpc) is 2.38. The van der Waals surface area contributed by atoms with Gasteiger partial charge in [0.05, 0.1) is 5.75 Å². The smallest absolute Gasteiger partial charge is 0.251 e. The Morgan fingerprint density at radius 3 is 2.74 bits per heavy atom. The highest BCUT2D eigenvalue weighted by molar-refractivity contribution is 9.10. The molecule has 0 unspecified atom stereocenters. The van der Waals surface area contributed by atoms with Crippen molar-refractivity contribution in [3.05, 3.63) is 56.7 Å². The monoisotopic (exact) mass is 338 g/mol. The molecule has 2 rings (SSSR count). The molecule has 0 saturated heterocycles. The van der Waals surface area contributed by atoms with Crippen LogP contribution in [0.5, 0.6) is 0 Å². The third-order valence-corrected chi connectivity index (χ3v) is 4.09. The fraction of sp³-hybridized carbons (Fsp3) is 0.286. The molecule has 1 aromatic heterocycles. The summed E-state index contributed by atoms with van der Waals surface area (Å²) in [6, 6.07) is 9.68. The summed E-state index contributed by atoms with van der Waals surface area (Å²) in [5, 5.41) is 0. The maximum atomic E-state index is 11.5. The Morgan fingerprint density at radius 1 is 1.32 bits per heavy atom. The maximum Gasteiger partial charge on any atom is 0.251 e. The van der Waals surface area contributed by atoms with Crippen molar-refractivity contribution in [3.8, 4) is 0 Å². The van der Waals surface area contributed by atoms with Gasteiger partial charge in [-0.25, -0.2) is 4.98 Å². The van der Waals surface area contributed by atoms with Crippen molar-refractivity contribution in [2.24, 2.45) is 0 Å². The summed E-state index contributed by atoms with van der Waals surface area (Å²) in [6.07, 6.45) is 1.84. The lowest BCUT2D eigenvalue weighted by Gasteiger charge is -2.04. The number of benzene rings is 1. The molecule has 0 amide bonds. The Labute approximate surface area is 125 Å². The minimum atomic E-state index is -0.0649. The van der Waals surface area contributed by atoms with Crippen molar-refractivity contribution in [2.75, 3.05) is 0 Å². The van der Waals surface area contributed by atoms with Crippen molar-refractivity contribution in [1.82, 2.24) is 9.97 Å². The molecule has 0 atom stereocenters. The summed E-state index contributed by atoms with van der Waals surface area (Å²) in [5.74, 6) is 1.41. The Hall–Kier alpha value is -1.07. The molecule has 5 heteroatoms. The van der Waals surface area contributed by atoms with E-state index in [-0.39, 0.29) is 5.56 Å². The van der Waals surface area contributed by atoms with Gasteiger partial charge in [0.15, 0.2) is 0 Å². The summed E-state index contributed by atoms with van der Waals surface area (Å²) in [4.78, 5) is 20.0. The number of thioether (sulfide) groups is 1. The molecule has 0 bridgehead atoms. The van der Waals surface area contributed by atoms with Gasteiger partial charge < -0.3 is 4.98 Å². The number of aromatic amines is 1. The fourth-order valence-corrected chi connectivity index (χ4v) is 2.73. The quantitative estimate of drug-likeness (QED) is 0.844. The lowest BCUT2D eigenvalue weighted by Crippen LogP contribution is -2.12. The number of aromatic nitrogens is 2. The van der Waals surface area contributed by atoms with Crippen molar-refractivity contribution in [2.45, 2.75) is 30.4 Å². The van der Waals surface area contributed by atoms with Crippen LogP contribution >= 0.6 is 27.7 Å². The molecule has 0 aliphatic rings. The van der Waals surface area contributed by atoms with Crippen molar-refractivity contribution < 1.29 is 0 Å². The number of hydrogen-bond donors (Lipinski definition) is 1. The number of halogens is 1. The number of H-pyrrole nitrogens is 1. The third kappa shape index (κ3) is 4.51. The molecule has 0 radical (unpaired) electrons. The van der Waals surface area contributed by atoms with Gasteiger partial charge in [0, 0.05) is 21.1 Å². The number of rotatable bonds is 5. The number of aryl methyl sites for hydroxylation is 1. The maximum absolute atomic E-state index is 11.5. The van der Waals surface area contributed by atoms with Crippen LogP contribution in [0.25, 0.3) is 0 Å². The molecule has 0 fully saturated rings. The minimum Gasteiger partial charge on any atom is -0.310 e. The van der Waals surface area contributed by atoms with Gasteiger partial charge in [-0.1, -0.05) is 29.3 Å². The van der Waals surface area contributed by atoms with Crippen LogP contribution in [-0.4, -0.2) is 9.97 Å². The molecular formula is C14H15BrN2OS. The SMILES string of the molecule is CCCc1cc(=O)[nH]c(CSc2ccc(Br)cc2)n1. The van der Waals surface area contributed by atoms with E-state index in [0.717, 1.165) is 33.7 Å². The van der Waals surface area contributed by atoms with Crippen LogP contribution in [0.4, 0.5) is 0 Å². The summed E-state index contributed by atoms with van der Waals surface area (Å²) >= 11 is 5.07. The van der Waals surface area contributed by atoms with Gasteiger partial charge in [0.1, 0.15) is 5.82 Å². The van der Waals surface area contributed by atoms with Gasteiger partial charge in [-0.3, -0.25) is 4.79 Å². The van der Waals surface area contributed by atoms with Crippen molar-refractivity contribution in [1.29, 1.82) is 0 Å². The van der Waals surface area contributed by atoms with Crippen LogP contribution in [-0.2, 0) is 12.2 Å². The summed E-state index contributed by atoms with van der Waals surface area (Å²) in [5.41, 5.74) is 0.808. The lowest BCUT2D eigenvalue weighted by atomic mass is 10.2. The van der Waals surface area contributed by atoms with Gasteiger partial charge in [-0.05, 0) is 30.7 Å². The molecule has 19 heavy (non-hydrogen) atoms. The van der Waals surface area contributed by atoms with E-state index in [9.17, 15) is 4.79 Å². The van der Waals surface area contributed by atoms with Crippen LogP contribution in [0.3, 0.4) is 0 Å². The molecule has 0 spiro atoms. The Kier molecular flexibility index (Phi) is 5.22. The first-order chi connectivity index (χ1) is 9.17. The lowest BCUT2D eigenvalue weighted by molar-refractivity contribution is 0.845. The topological polar surface area (TPSA) is 45.8 Å². The highest BCUT2D eigenvalue weighted by atomic mass is 79.9. The zero-order valence-corrected chi connectivity index (χ0v) is 13.1. The normalized spacial score (nSPS) is 10.6. The molecule has 100 valence electrons. The van der Waals surface area contributed by atoms with E-state index >= 15 is 0 Å². The van der Waals surface area contributed by atoms with Gasteiger partial charge in [-0.15, -0.1) is 11.8 Å². The van der Waals surface area contributed by atoms with E-state index < -0.39 is 0 Å². The van der Waals surface area contributed by atoms with E-state index in [1.165, 1.54) is 0 Å². The first kappa shape index (κ1) is 14.3. The van der Waals surface area contributed by atoms with Crippen LogP contribution < -0.4 is 5.56 Å². The largest absolute Gasteiger partial charge is 0.310 e. The van der Waals surface area contributed by atoms with E-state index in [2.05, 4.69) is 32.8 Å². The molecule has 1 heterocycles. The summed E-state index contributed by atoms with van der Waals surface area (Å²) in [7, 11) is 0. The molecule has 1 N–H and O–H groups in total. The zero-order chi connectivity index (χ0) is 13.7. The molecule has 0 aliphatic heterocycles. The predicted octanol–water partition coefficient (Wildman–Crippen LogP) is 3.78. The Bertz CT molecular complexity index is 595. The fourth-order valence-electron chi connectivity index (χ4n) is 1.70. The standard InChI is InChI=1S/C14H15BrN2OS/c1-2-3-11-8-14(18)17-13(16-11)9-19-12-6-4-10(15)5-7-12/h4-8H,2-3,9H2,1H3,(H,16,17,18). The van der Waals surface area contributed by atoms with Gasteiger partial charge in [-0.2, -0.15) is 0 Å². The molecule has 0 saturated carbocycles. The van der Waals surface area contributed by atoms with E-state index in [4.69, 9.17) is 0 Å². The highest BCUT2D eigenvalue weighted by Crippen LogP contribution is 2.22. The van der Waals surface area contributed by atoms with Crippen LogP contribution in [0.1, 0.15) is 24.9 Å². The van der Waals surface area contributed by atoms with E-state index in [1.54, 1.807) is 17.8 Å². The number of hydrogen-bond acceptors (Lipinski definition) is 3. The van der Waals surface area contributed by atoms with Gasteiger partial charge in [0.25, 0.3) is 5.56 Å². The Balaban J connectivity index is 2.06. The van der Waals surface area contributed by atoms with Crippen LogP contribution in [0, 0.1) is 0 Å². The summed E-state index contributed by atoms with van der Waals surface area (Å²) < 4.78 is 1.06. The van der Waals surface area contributed by atoms with Crippen LogP contribution in [0.2, 0.25) is 0 Å². The second kappa shape index (κ2) is 6.91. The number of nitrogens with one attached hydrogen (secondary N) is 1. The molecular weight excluding hydrogens is 324 g/mol. The van der Waals surface area contributed by atoms with E-state index in [1.807, 2.05) is 24.3 Å². The second-order valence-electron chi connectivity index (χ2n) is 4.18. The average molecular weight is 339 g/mol. The molecule has 3 nitrogen and oxygen atoms in total. The van der Waals surface area contributed by atoms with Crippen molar-refractivity contribution in [3.63, 3.8) is 0 Å². The van der Waals surface area contributed by atoms with Crippen LogP contribution in [0.15, 0.2) is 44.5 Å². The van der Waals surface area contributed by atoms with Gasteiger partial charge >= 0.3 is 0 Å². The molecule has 0 aliphatic carbocycles. The van der Waals surface area contributed by atoms with E-state index in [0.29, 0.717) is 5.75 Å². The first-order valence-electron chi connectivity index (χ1n) is 6.15. The van der Waals surface area contributed by atoms with Gasteiger partial charge in [0.2, 0.25) is 0 Å². The second-order valence-corrected chi connectivity index (χ2v) is 6.14. The minimum absolute atomic E-state index is 0.0649. The van der Waals surface area contributed by atoms with Crippen molar-refractivity contribution >= 4 is 27.7 Å². The third-order valence-electron chi connectivity index (χ3n) is 2.54.